The highest BCUT2D eigenvalue weighted by atomic mass is 31.2. The van der Waals surface area contributed by atoms with E-state index in [-0.39, 0.29) is 39.7 Å². The second kappa shape index (κ2) is 26.3. The number of carbonyl (C=O) groups is 4. The van der Waals surface area contributed by atoms with Crippen molar-refractivity contribution in [1.29, 1.82) is 0 Å². The molecule has 12 heteroatoms. The fourth-order valence-corrected chi connectivity index (χ4v) is 6.94. The van der Waals surface area contributed by atoms with E-state index in [0.29, 0.717) is 35.6 Å². The molecule has 0 heterocycles. The Morgan fingerprint density at radius 3 is 1.44 bits per heavy atom. The Balaban J connectivity index is 0.000000428. The normalized spacial score (nSPS) is 11.5. The van der Waals surface area contributed by atoms with Crippen molar-refractivity contribution in [3.8, 4) is 23.0 Å². The second-order valence-electron chi connectivity index (χ2n) is 12.5. The first-order chi connectivity index (χ1) is 29.8. The van der Waals surface area contributed by atoms with Crippen LogP contribution in [0.4, 0.5) is 0 Å². The maximum absolute atomic E-state index is 11.8. The number of aryl methyl sites for hydroxylation is 1. The third kappa shape index (κ3) is 15.7. The van der Waals surface area contributed by atoms with Crippen molar-refractivity contribution in [1.82, 2.24) is 0 Å². The van der Waals surface area contributed by atoms with Crippen LogP contribution in [-0.4, -0.2) is 30.0 Å². The fourth-order valence-electron chi connectivity index (χ4n) is 5.05. The summed E-state index contributed by atoms with van der Waals surface area (Å²) in [5, 5.41) is 0. The molecule has 0 amide bonds. The van der Waals surface area contributed by atoms with Crippen LogP contribution in [0, 0.1) is 6.92 Å². The van der Waals surface area contributed by atoms with E-state index in [9.17, 15) is 24.1 Å². The Bertz CT molecular complexity index is 2310. The number of aldehydes is 4. The first kappa shape index (κ1) is 46.9. The molecule has 0 saturated carbocycles. The van der Waals surface area contributed by atoms with Crippen molar-refractivity contribution >= 4 is 42.3 Å². The maximum atomic E-state index is 11.8. The maximum Gasteiger partial charge on any atom is 0.464 e. The largest absolute Gasteiger partial charge is 0.464 e. The van der Waals surface area contributed by atoms with E-state index in [0.717, 1.165) is 6.29 Å². The molecule has 2 atom stereocenters. The summed E-state index contributed by atoms with van der Waals surface area (Å²) in [6.07, 6.45) is 8.94. The van der Waals surface area contributed by atoms with E-state index in [4.69, 9.17) is 22.6 Å². The van der Waals surface area contributed by atoms with Crippen LogP contribution in [0.3, 0.4) is 0 Å². The van der Waals surface area contributed by atoms with Gasteiger partial charge in [0, 0.05) is 11.1 Å². The Kier molecular flexibility index (Phi) is 20.2. The van der Waals surface area contributed by atoms with E-state index < -0.39 is 23.3 Å². The number of rotatable bonds is 18. The average Bonchev–Trinajstić information content (AvgIpc) is 3.30. The molecule has 61 heavy (non-hydrogen) atoms. The molecule has 0 bridgehead atoms. The van der Waals surface area contributed by atoms with E-state index in [1.165, 1.54) is 5.56 Å². The Morgan fingerprint density at radius 2 is 0.984 bits per heavy atom. The standard InChI is InChI=1S/C34H26O9P2.C8H10O.C7H8/c35-22-26-14-4-8-18-30(26)39-44(38)40-33-21-11-7-17-29(33)34(25-12-2-1-3-13-25)43-45(41-31-19-9-5-15-27(31)23-36)42-32-20-10-6-16-28(32)24-37;1-3-4-5-6-8(2)7-9;1-7-5-3-2-4-6-7/h1-24,34,38H;3-7H,2H2,1H3;2-6H,1H3/b;4-3-,6-5-;. The zero-order valence-corrected chi connectivity index (χ0v) is 35.2. The van der Waals surface area contributed by atoms with Crippen LogP contribution in [0.25, 0.3) is 0 Å². The van der Waals surface area contributed by atoms with E-state index in [2.05, 4.69) is 25.6 Å². The van der Waals surface area contributed by atoms with Crippen LogP contribution < -0.4 is 18.1 Å². The predicted molar refractivity (Wildman–Crippen MR) is 240 cm³/mol. The number of hydrogen-bond acceptors (Lipinski definition) is 10. The number of hydrogen-bond donors (Lipinski definition) is 1. The minimum absolute atomic E-state index is 0.169. The highest BCUT2D eigenvalue weighted by Crippen LogP contribution is 2.50. The minimum atomic E-state index is -2.53. The van der Waals surface area contributed by atoms with Gasteiger partial charge in [-0.25, -0.2) is 0 Å². The van der Waals surface area contributed by atoms with Gasteiger partial charge in [0.2, 0.25) is 0 Å². The molecule has 1 N–H and O–H groups in total. The van der Waals surface area contributed by atoms with Crippen molar-refractivity contribution in [3.05, 3.63) is 228 Å². The molecule has 0 fully saturated rings. The Labute approximate surface area is 358 Å². The number of carbonyl (C=O) groups excluding carboxylic acids is 4. The lowest BCUT2D eigenvalue weighted by Gasteiger charge is -2.26. The van der Waals surface area contributed by atoms with Gasteiger partial charge < -0.3 is 23.0 Å². The van der Waals surface area contributed by atoms with Crippen LogP contribution >= 0.6 is 17.2 Å². The van der Waals surface area contributed by atoms with Gasteiger partial charge in [0.25, 0.3) is 0 Å². The van der Waals surface area contributed by atoms with Crippen molar-refractivity contribution in [2.75, 3.05) is 0 Å². The molecular formula is C49H44O10P2. The van der Waals surface area contributed by atoms with Crippen LogP contribution in [-0.2, 0) is 9.32 Å². The lowest BCUT2D eigenvalue weighted by Crippen LogP contribution is -2.11. The van der Waals surface area contributed by atoms with Crippen molar-refractivity contribution in [2.24, 2.45) is 0 Å². The smallest absolute Gasteiger partial charge is 0.417 e. The molecule has 0 aliphatic carbocycles. The SMILES string of the molecule is C=C(C=O)/C=C\C=C/C.Cc1ccccc1.O=Cc1ccccc1OP(O)Oc1ccccc1C(OP(Oc1ccccc1C=O)Oc1ccccc1C=O)c1ccccc1. The summed E-state index contributed by atoms with van der Waals surface area (Å²) in [6, 6.07) is 46.0. The van der Waals surface area contributed by atoms with Gasteiger partial charge in [0.1, 0.15) is 35.4 Å². The van der Waals surface area contributed by atoms with Crippen molar-refractivity contribution < 1.29 is 46.7 Å². The zero-order chi connectivity index (χ0) is 43.7. The molecule has 10 nitrogen and oxygen atoms in total. The van der Waals surface area contributed by atoms with Crippen molar-refractivity contribution in [3.63, 3.8) is 0 Å². The van der Waals surface area contributed by atoms with Gasteiger partial charge in [-0.3, -0.25) is 23.7 Å². The van der Waals surface area contributed by atoms with Crippen molar-refractivity contribution in [2.45, 2.75) is 20.0 Å². The Morgan fingerprint density at radius 1 is 0.557 bits per heavy atom. The molecule has 0 saturated heterocycles. The van der Waals surface area contributed by atoms with Gasteiger partial charge in [-0.2, -0.15) is 0 Å². The summed E-state index contributed by atoms with van der Waals surface area (Å²) in [4.78, 5) is 55.7. The summed E-state index contributed by atoms with van der Waals surface area (Å²) < 4.78 is 30.4. The molecular weight excluding hydrogens is 810 g/mol. The quantitative estimate of drug-likeness (QED) is 0.0385. The molecule has 0 aromatic heterocycles. The minimum Gasteiger partial charge on any atom is -0.417 e. The summed E-state index contributed by atoms with van der Waals surface area (Å²) in [6.45, 7) is 7.45. The summed E-state index contributed by atoms with van der Waals surface area (Å²) in [5.41, 5.74) is 3.81. The fraction of sp³-hybridized carbons (Fsp3) is 0.0612. The lowest BCUT2D eigenvalue weighted by atomic mass is 10.0. The molecule has 2 unspecified atom stereocenters. The van der Waals surface area contributed by atoms with Gasteiger partial charge in [-0.15, -0.1) is 0 Å². The Hall–Kier alpha value is -6.80. The summed E-state index contributed by atoms with van der Waals surface area (Å²) in [5.74, 6) is 0.849. The number of benzene rings is 6. The van der Waals surface area contributed by atoms with Crippen LogP contribution in [0.2, 0.25) is 0 Å². The molecule has 6 rings (SSSR count). The molecule has 6 aromatic carbocycles. The monoisotopic (exact) mass is 854 g/mol. The van der Waals surface area contributed by atoms with E-state index in [1.807, 2.05) is 67.6 Å². The van der Waals surface area contributed by atoms with Gasteiger partial charge in [-0.05, 0) is 61.9 Å². The third-order valence-electron chi connectivity index (χ3n) is 8.04. The molecule has 0 aliphatic heterocycles. The van der Waals surface area contributed by atoms with Crippen LogP contribution in [0.5, 0.6) is 23.0 Å². The molecule has 0 radical (unpaired) electrons. The van der Waals surface area contributed by atoms with Crippen LogP contribution in [0.15, 0.2) is 194 Å². The molecule has 0 aliphatic rings. The first-order valence-corrected chi connectivity index (χ1v) is 20.9. The highest BCUT2D eigenvalue weighted by Gasteiger charge is 2.30. The van der Waals surface area contributed by atoms with E-state index >= 15 is 0 Å². The highest BCUT2D eigenvalue weighted by molar-refractivity contribution is 7.42. The topological polar surface area (TPSA) is 135 Å². The number of para-hydroxylation sites is 4. The summed E-state index contributed by atoms with van der Waals surface area (Å²) in [7, 11) is -4.85. The molecule has 0 spiro atoms. The summed E-state index contributed by atoms with van der Waals surface area (Å²) >= 11 is 0. The molecule has 6 aromatic rings. The first-order valence-electron chi connectivity index (χ1n) is 18.7. The predicted octanol–water partition coefficient (Wildman–Crippen LogP) is 12.2. The van der Waals surface area contributed by atoms with Crippen LogP contribution in [0.1, 0.15) is 60.8 Å². The lowest BCUT2D eigenvalue weighted by molar-refractivity contribution is -0.104. The molecule has 310 valence electrons. The van der Waals surface area contributed by atoms with Gasteiger partial charge in [-0.1, -0.05) is 152 Å². The van der Waals surface area contributed by atoms with Gasteiger partial charge >= 0.3 is 17.2 Å². The second-order valence-corrected chi connectivity index (χ2v) is 14.3. The third-order valence-corrected chi connectivity index (χ3v) is 9.82. The average molecular weight is 855 g/mol. The van der Waals surface area contributed by atoms with Gasteiger partial charge in [0.15, 0.2) is 18.9 Å². The number of allylic oxidation sites excluding steroid dienone is 5. The van der Waals surface area contributed by atoms with E-state index in [1.54, 1.807) is 109 Å². The zero-order valence-electron chi connectivity index (χ0n) is 33.4. The van der Waals surface area contributed by atoms with Gasteiger partial charge in [0.05, 0.1) is 16.7 Å².